The van der Waals surface area contributed by atoms with Gasteiger partial charge >= 0.3 is 0 Å². The van der Waals surface area contributed by atoms with Crippen molar-refractivity contribution in [2.24, 2.45) is 7.05 Å². The summed E-state index contributed by atoms with van der Waals surface area (Å²) >= 11 is 4.69. The first-order chi connectivity index (χ1) is 13.5. The Labute approximate surface area is 186 Å². The first kappa shape index (κ1) is 23.2. The Morgan fingerprint density at radius 1 is 1.21 bits per heavy atom. The number of hydrogen-bond donors (Lipinski definition) is 1. The second kappa shape index (κ2) is 9.61. The maximum absolute atomic E-state index is 8.85. The van der Waals surface area contributed by atoms with Crippen molar-refractivity contribution in [2.45, 2.75) is 38.9 Å². The fourth-order valence-electron chi connectivity index (χ4n) is 2.07. The van der Waals surface area contributed by atoms with Crippen LogP contribution in [0.4, 0.5) is 11.4 Å². The number of aryl methyl sites for hydroxylation is 1. The molecule has 0 bridgehead atoms. The number of hydrogen-bond acceptors (Lipinski definition) is 5. The van der Waals surface area contributed by atoms with Crippen LogP contribution in [-0.2, 0) is 7.05 Å². The van der Waals surface area contributed by atoms with E-state index in [-0.39, 0.29) is 5.04 Å². The Kier molecular flexibility index (Phi) is 7.69. The molecule has 0 saturated carbocycles. The van der Waals surface area contributed by atoms with Crippen LogP contribution in [0.25, 0.3) is 0 Å². The normalized spacial score (nSPS) is 11.2. The molecular weight excluding hydrogens is 464 g/mol. The zero-order valence-corrected chi connectivity index (χ0v) is 21.1. The summed E-state index contributed by atoms with van der Waals surface area (Å²) in [5, 5.41) is 18.2. The standard InChI is InChI=1S/C17H22N2OSSi.C4H5BrN2/c1-17(2,3)22(4,5)20-15-8-6-13(7-9-15)19-14-10-16(11-18)21-12-14;1-7-3-4(5)2-6-7/h6-10,12,19H,1-5H3;2-3H,1H3. The van der Waals surface area contributed by atoms with Crippen molar-refractivity contribution in [3.05, 3.63) is 57.5 Å². The van der Waals surface area contributed by atoms with E-state index in [2.05, 4.69) is 66.3 Å². The minimum atomic E-state index is -1.79. The highest BCUT2D eigenvalue weighted by Crippen LogP contribution is 2.37. The zero-order valence-electron chi connectivity index (χ0n) is 17.7. The first-order valence-corrected chi connectivity index (χ1v) is 13.8. The molecule has 1 N–H and O–H groups in total. The molecular formula is C21H27BrN4OSSi. The van der Waals surface area contributed by atoms with Crippen molar-refractivity contribution in [1.82, 2.24) is 9.78 Å². The minimum Gasteiger partial charge on any atom is -0.544 e. The molecule has 154 valence electrons. The monoisotopic (exact) mass is 490 g/mol. The molecule has 2 aromatic heterocycles. The topological polar surface area (TPSA) is 62.9 Å². The van der Waals surface area contributed by atoms with E-state index < -0.39 is 8.32 Å². The summed E-state index contributed by atoms with van der Waals surface area (Å²) in [6.45, 7) is 11.2. The van der Waals surface area contributed by atoms with Gasteiger partial charge in [-0.25, -0.2) is 0 Å². The van der Waals surface area contributed by atoms with Gasteiger partial charge < -0.3 is 9.74 Å². The lowest BCUT2D eigenvalue weighted by Gasteiger charge is -2.36. The molecule has 0 unspecified atom stereocenters. The van der Waals surface area contributed by atoms with Gasteiger partial charge in [-0.2, -0.15) is 10.4 Å². The Balaban J connectivity index is 0.000000360. The van der Waals surface area contributed by atoms with Crippen LogP contribution in [0.1, 0.15) is 25.6 Å². The molecule has 29 heavy (non-hydrogen) atoms. The fourth-order valence-corrected chi connectivity index (χ4v) is 4.12. The predicted molar refractivity (Wildman–Crippen MR) is 127 cm³/mol. The van der Waals surface area contributed by atoms with Gasteiger partial charge in [0.05, 0.1) is 16.4 Å². The Hall–Kier alpha value is -2.08. The lowest BCUT2D eigenvalue weighted by atomic mass is 10.2. The molecule has 3 aromatic rings. The van der Waals surface area contributed by atoms with E-state index in [1.807, 2.05) is 49.0 Å². The SMILES string of the molecule is CC(C)(C)[Si](C)(C)Oc1ccc(Nc2csc(C#N)c2)cc1.Cn1cc(Br)cn1. The lowest BCUT2D eigenvalue weighted by molar-refractivity contribution is 0.492. The second-order valence-electron chi connectivity index (χ2n) is 8.16. The van der Waals surface area contributed by atoms with Crippen LogP contribution in [0, 0.1) is 11.3 Å². The Morgan fingerprint density at radius 3 is 2.28 bits per heavy atom. The third kappa shape index (κ3) is 7.03. The van der Waals surface area contributed by atoms with Crippen molar-refractivity contribution >= 4 is 47.0 Å². The molecule has 5 nitrogen and oxygen atoms in total. The number of thiophene rings is 1. The summed E-state index contributed by atoms with van der Waals surface area (Å²) in [6.07, 6.45) is 3.64. The zero-order chi connectivity index (χ0) is 21.7. The molecule has 0 atom stereocenters. The second-order valence-corrected chi connectivity index (χ2v) is 14.7. The predicted octanol–water partition coefficient (Wildman–Crippen LogP) is 6.93. The van der Waals surface area contributed by atoms with E-state index in [9.17, 15) is 0 Å². The van der Waals surface area contributed by atoms with Crippen molar-refractivity contribution in [3.63, 3.8) is 0 Å². The van der Waals surface area contributed by atoms with Crippen LogP contribution in [0.2, 0.25) is 18.1 Å². The van der Waals surface area contributed by atoms with Crippen molar-refractivity contribution in [3.8, 4) is 11.8 Å². The number of benzene rings is 1. The molecule has 1 aromatic carbocycles. The molecule has 0 fully saturated rings. The third-order valence-corrected chi connectivity index (χ3v) is 10.3. The van der Waals surface area contributed by atoms with E-state index in [1.165, 1.54) is 11.3 Å². The maximum Gasteiger partial charge on any atom is 0.250 e. The number of anilines is 2. The quantitative estimate of drug-likeness (QED) is 0.402. The highest BCUT2D eigenvalue weighted by Gasteiger charge is 2.38. The molecule has 0 aliphatic rings. The molecule has 2 heterocycles. The van der Waals surface area contributed by atoms with Gasteiger partial charge in [0, 0.05) is 24.3 Å². The van der Waals surface area contributed by atoms with Crippen molar-refractivity contribution in [1.29, 1.82) is 5.26 Å². The van der Waals surface area contributed by atoms with Gasteiger partial charge in [-0.1, -0.05) is 20.8 Å². The molecule has 0 amide bonds. The molecule has 0 aliphatic carbocycles. The smallest absolute Gasteiger partial charge is 0.250 e. The van der Waals surface area contributed by atoms with E-state index in [0.717, 1.165) is 21.6 Å². The van der Waals surface area contributed by atoms with Gasteiger partial charge in [0.25, 0.3) is 0 Å². The van der Waals surface area contributed by atoms with Crippen LogP contribution in [-0.4, -0.2) is 18.1 Å². The van der Waals surface area contributed by atoms with Crippen LogP contribution in [0.3, 0.4) is 0 Å². The number of halogens is 1. The minimum absolute atomic E-state index is 0.189. The number of nitriles is 1. The van der Waals surface area contributed by atoms with Crippen LogP contribution >= 0.6 is 27.3 Å². The molecule has 0 spiro atoms. The average Bonchev–Trinajstić information content (AvgIpc) is 3.24. The lowest BCUT2D eigenvalue weighted by Crippen LogP contribution is -2.43. The highest BCUT2D eigenvalue weighted by atomic mass is 79.9. The van der Waals surface area contributed by atoms with Crippen molar-refractivity contribution < 1.29 is 4.43 Å². The average molecular weight is 492 g/mol. The van der Waals surface area contributed by atoms with E-state index >= 15 is 0 Å². The molecule has 3 rings (SSSR count). The summed E-state index contributed by atoms with van der Waals surface area (Å²) in [7, 11) is 0.0861. The summed E-state index contributed by atoms with van der Waals surface area (Å²) in [6, 6.07) is 12.0. The van der Waals surface area contributed by atoms with E-state index in [4.69, 9.17) is 9.69 Å². The Bertz CT molecular complexity index is 951. The largest absolute Gasteiger partial charge is 0.544 e. The van der Waals surface area contributed by atoms with E-state index in [0.29, 0.717) is 4.88 Å². The fraction of sp³-hybridized carbons (Fsp3) is 0.333. The summed E-state index contributed by atoms with van der Waals surface area (Å²) in [4.78, 5) is 0.709. The molecule has 0 aliphatic heterocycles. The van der Waals surface area contributed by atoms with Gasteiger partial charge in [-0.05, 0) is 64.4 Å². The number of nitrogens with zero attached hydrogens (tertiary/aromatic N) is 3. The van der Waals surface area contributed by atoms with Gasteiger partial charge in [-0.3, -0.25) is 4.68 Å². The van der Waals surface area contributed by atoms with Gasteiger partial charge in [0.2, 0.25) is 8.32 Å². The van der Waals surface area contributed by atoms with E-state index in [1.54, 1.807) is 10.9 Å². The number of aromatic nitrogens is 2. The number of rotatable bonds is 4. The summed E-state index contributed by atoms with van der Waals surface area (Å²) < 4.78 is 9.03. The highest BCUT2D eigenvalue weighted by molar-refractivity contribution is 9.10. The van der Waals surface area contributed by atoms with Crippen LogP contribution in [0.15, 0.2) is 52.6 Å². The number of nitrogens with one attached hydrogen (secondary N) is 1. The Morgan fingerprint density at radius 2 is 1.86 bits per heavy atom. The van der Waals surface area contributed by atoms with Gasteiger partial charge in [0.1, 0.15) is 16.7 Å². The third-order valence-electron chi connectivity index (χ3n) is 4.71. The first-order valence-electron chi connectivity index (χ1n) is 9.19. The van der Waals surface area contributed by atoms with Crippen molar-refractivity contribution in [2.75, 3.05) is 5.32 Å². The van der Waals surface area contributed by atoms with Gasteiger partial charge in [-0.15, -0.1) is 11.3 Å². The summed E-state index contributed by atoms with van der Waals surface area (Å²) in [5.41, 5.74) is 1.93. The van der Waals surface area contributed by atoms with Gasteiger partial charge in [0.15, 0.2) is 0 Å². The maximum atomic E-state index is 8.85. The molecule has 0 saturated heterocycles. The molecule has 8 heteroatoms. The summed E-state index contributed by atoms with van der Waals surface area (Å²) in [5.74, 6) is 0.917. The molecule has 0 radical (unpaired) electrons. The van der Waals surface area contributed by atoms with Crippen LogP contribution in [0.5, 0.6) is 5.75 Å². The van der Waals surface area contributed by atoms with Crippen LogP contribution < -0.4 is 9.74 Å².